The van der Waals surface area contributed by atoms with Gasteiger partial charge in [-0.3, -0.25) is 9.59 Å². The number of carbonyl (C=O) groups is 3. The van der Waals surface area contributed by atoms with E-state index in [1.807, 2.05) is 30.3 Å². The zero-order valence-electron chi connectivity index (χ0n) is 14.4. The van der Waals surface area contributed by atoms with Crippen LogP contribution in [0.15, 0.2) is 43.0 Å². The summed E-state index contributed by atoms with van der Waals surface area (Å²) in [5.74, 6) is -0.958. The van der Waals surface area contributed by atoms with Crippen LogP contribution in [0.5, 0.6) is 0 Å². The van der Waals surface area contributed by atoms with Crippen LogP contribution < -0.4 is 5.32 Å². The lowest BCUT2D eigenvalue weighted by molar-refractivity contribution is -0.145. The predicted molar refractivity (Wildman–Crippen MR) is 93.6 cm³/mol. The average molecular weight is 344 g/mol. The van der Waals surface area contributed by atoms with Crippen molar-refractivity contribution in [3.05, 3.63) is 48.6 Å². The van der Waals surface area contributed by atoms with Crippen molar-refractivity contribution in [3.8, 4) is 0 Å². The quantitative estimate of drug-likeness (QED) is 0.624. The van der Waals surface area contributed by atoms with E-state index in [1.165, 1.54) is 13.2 Å². The minimum atomic E-state index is -0.715. The Balaban J connectivity index is 1.94. The van der Waals surface area contributed by atoms with Gasteiger partial charge in [0.05, 0.1) is 7.11 Å². The van der Waals surface area contributed by atoms with Crippen molar-refractivity contribution in [2.75, 3.05) is 20.2 Å². The number of hydrogen-bond donors (Lipinski definition) is 1. The van der Waals surface area contributed by atoms with Crippen LogP contribution in [0.4, 0.5) is 0 Å². The molecule has 1 N–H and O–H groups in total. The molecule has 0 unspecified atom stereocenters. The number of likely N-dealkylation sites (tertiary alicyclic amines) is 1. The number of ether oxygens (including phenoxy) is 1. The van der Waals surface area contributed by atoms with Gasteiger partial charge in [-0.15, -0.1) is 0 Å². The van der Waals surface area contributed by atoms with Crippen LogP contribution in [-0.4, -0.2) is 48.9 Å². The molecule has 2 amide bonds. The van der Waals surface area contributed by atoms with Crippen LogP contribution in [0.25, 0.3) is 0 Å². The maximum Gasteiger partial charge on any atom is 0.328 e. The Morgan fingerprint density at radius 1 is 1.28 bits per heavy atom. The molecule has 1 aliphatic rings. The van der Waals surface area contributed by atoms with Gasteiger partial charge in [0.15, 0.2) is 0 Å². The van der Waals surface area contributed by atoms with E-state index < -0.39 is 12.0 Å². The third-order valence-electron chi connectivity index (χ3n) is 4.44. The summed E-state index contributed by atoms with van der Waals surface area (Å²) >= 11 is 0. The summed E-state index contributed by atoms with van der Waals surface area (Å²) in [7, 11) is 1.31. The first-order chi connectivity index (χ1) is 12.0. The Bertz CT molecular complexity index is 622. The molecule has 1 saturated heterocycles. The average Bonchev–Trinajstić information content (AvgIpc) is 2.67. The van der Waals surface area contributed by atoms with E-state index in [2.05, 4.69) is 11.9 Å². The van der Waals surface area contributed by atoms with Crippen molar-refractivity contribution in [1.82, 2.24) is 10.2 Å². The van der Waals surface area contributed by atoms with Gasteiger partial charge in [-0.1, -0.05) is 36.9 Å². The highest BCUT2D eigenvalue weighted by atomic mass is 16.5. The van der Waals surface area contributed by atoms with Gasteiger partial charge in [-0.2, -0.15) is 0 Å². The molecule has 1 aliphatic heterocycles. The predicted octanol–water partition coefficient (Wildman–Crippen LogP) is 1.31. The summed E-state index contributed by atoms with van der Waals surface area (Å²) in [6.45, 7) is 4.51. The second kappa shape index (κ2) is 9.01. The first-order valence-corrected chi connectivity index (χ1v) is 8.38. The molecule has 25 heavy (non-hydrogen) atoms. The number of methoxy groups -OCH3 is 1. The summed E-state index contributed by atoms with van der Waals surface area (Å²) in [5, 5.41) is 2.81. The molecule has 1 aromatic carbocycles. The summed E-state index contributed by atoms with van der Waals surface area (Å²) < 4.78 is 4.82. The molecule has 0 aliphatic carbocycles. The number of benzene rings is 1. The third-order valence-corrected chi connectivity index (χ3v) is 4.44. The van der Waals surface area contributed by atoms with Crippen LogP contribution in [-0.2, 0) is 25.5 Å². The Kier molecular flexibility index (Phi) is 6.74. The topological polar surface area (TPSA) is 75.7 Å². The van der Waals surface area contributed by atoms with Crippen molar-refractivity contribution < 1.29 is 19.1 Å². The molecule has 0 aromatic heterocycles. The van der Waals surface area contributed by atoms with Crippen LogP contribution in [0.2, 0.25) is 0 Å². The molecule has 0 radical (unpaired) electrons. The van der Waals surface area contributed by atoms with Crippen LogP contribution in [0.1, 0.15) is 18.4 Å². The van der Waals surface area contributed by atoms with Crippen molar-refractivity contribution in [1.29, 1.82) is 0 Å². The van der Waals surface area contributed by atoms with Gasteiger partial charge in [0.1, 0.15) is 6.04 Å². The molecule has 0 spiro atoms. The zero-order chi connectivity index (χ0) is 18.2. The Morgan fingerprint density at radius 3 is 2.48 bits per heavy atom. The van der Waals surface area contributed by atoms with Crippen molar-refractivity contribution in [2.45, 2.75) is 25.3 Å². The van der Waals surface area contributed by atoms with Crippen molar-refractivity contribution in [2.24, 2.45) is 5.92 Å². The second-order valence-electron chi connectivity index (χ2n) is 6.08. The van der Waals surface area contributed by atoms with Crippen LogP contribution in [0, 0.1) is 5.92 Å². The van der Waals surface area contributed by atoms with E-state index in [0.29, 0.717) is 32.4 Å². The molecule has 134 valence electrons. The lowest BCUT2D eigenvalue weighted by atomic mass is 9.95. The maximum atomic E-state index is 12.5. The number of amides is 2. The van der Waals surface area contributed by atoms with Gasteiger partial charge in [0.25, 0.3) is 0 Å². The Labute approximate surface area is 147 Å². The fraction of sp³-hybridized carbons (Fsp3) is 0.421. The largest absolute Gasteiger partial charge is 0.467 e. The Hall–Kier alpha value is -2.63. The van der Waals surface area contributed by atoms with E-state index in [0.717, 1.165) is 5.56 Å². The monoisotopic (exact) mass is 344 g/mol. The first-order valence-electron chi connectivity index (χ1n) is 8.38. The fourth-order valence-electron chi connectivity index (χ4n) is 2.97. The molecular formula is C19H24N2O4. The molecule has 6 heteroatoms. The van der Waals surface area contributed by atoms with Gasteiger partial charge in [0, 0.05) is 25.4 Å². The molecule has 0 saturated carbocycles. The van der Waals surface area contributed by atoms with Gasteiger partial charge in [-0.25, -0.2) is 4.79 Å². The number of nitrogens with zero attached hydrogens (tertiary/aromatic N) is 1. The highest BCUT2D eigenvalue weighted by Crippen LogP contribution is 2.18. The zero-order valence-corrected chi connectivity index (χ0v) is 14.4. The number of piperidine rings is 1. The van der Waals surface area contributed by atoms with Gasteiger partial charge in [-0.05, 0) is 24.5 Å². The van der Waals surface area contributed by atoms with Crippen molar-refractivity contribution >= 4 is 17.8 Å². The lowest BCUT2D eigenvalue weighted by Gasteiger charge is -2.31. The van der Waals surface area contributed by atoms with E-state index in [1.54, 1.807) is 4.90 Å². The van der Waals surface area contributed by atoms with E-state index in [9.17, 15) is 14.4 Å². The summed E-state index contributed by atoms with van der Waals surface area (Å²) in [5.41, 5.74) is 0.949. The fourth-order valence-corrected chi connectivity index (χ4v) is 2.97. The summed E-state index contributed by atoms with van der Waals surface area (Å²) in [6, 6.07) is 8.76. The van der Waals surface area contributed by atoms with Crippen LogP contribution in [0.3, 0.4) is 0 Å². The molecular weight excluding hydrogens is 320 g/mol. The summed E-state index contributed by atoms with van der Waals surface area (Å²) in [4.78, 5) is 37.8. The highest BCUT2D eigenvalue weighted by molar-refractivity contribution is 5.88. The van der Waals surface area contributed by atoms with Gasteiger partial charge in [0.2, 0.25) is 11.8 Å². The van der Waals surface area contributed by atoms with E-state index in [-0.39, 0.29) is 17.7 Å². The minimum absolute atomic E-state index is 0.115. The maximum absolute atomic E-state index is 12.5. The second-order valence-corrected chi connectivity index (χ2v) is 6.08. The molecule has 1 heterocycles. The Morgan fingerprint density at radius 2 is 1.92 bits per heavy atom. The normalized spacial score (nSPS) is 16.0. The van der Waals surface area contributed by atoms with Crippen molar-refractivity contribution in [3.63, 3.8) is 0 Å². The number of hydrogen-bond acceptors (Lipinski definition) is 4. The number of esters is 1. The molecule has 1 fully saturated rings. The smallest absolute Gasteiger partial charge is 0.328 e. The molecule has 1 atom stereocenters. The molecule has 2 rings (SSSR count). The molecule has 1 aromatic rings. The molecule has 0 bridgehead atoms. The molecule has 6 nitrogen and oxygen atoms in total. The third kappa shape index (κ3) is 5.17. The number of nitrogens with one attached hydrogen (secondary N) is 1. The SMILES string of the molecule is C=CC(=O)N1CCC(C(=O)N[C@@H](Cc2ccccc2)C(=O)OC)CC1. The van der Waals surface area contributed by atoms with Gasteiger partial charge < -0.3 is 15.0 Å². The lowest BCUT2D eigenvalue weighted by Crippen LogP contribution is -2.48. The standard InChI is InChI=1S/C19H24N2O4/c1-3-17(22)21-11-9-15(10-12-21)18(23)20-16(19(24)25-2)13-14-7-5-4-6-8-14/h3-8,15-16H,1,9-13H2,2H3,(H,20,23)/t16-/m0/s1. The van der Waals surface area contributed by atoms with Crippen LogP contribution >= 0.6 is 0 Å². The van der Waals surface area contributed by atoms with E-state index >= 15 is 0 Å². The first kappa shape index (κ1) is 18.7. The number of carbonyl (C=O) groups excluding carboxylic acids is 3. The number of rotatable bonds is 6. The minimum Gasteiger partial charge on any atom is -0.467 e. The van der Waals surface area contributed by atoms with Gasteiger partial charge >= 0.3 is 5.97 Å². The highest BCUT2D eigenvalue weighted by Gasteiger charge is 2.30. The summed E-state index contributed by atoms with van der Waals surface area (Å²) in [6.07, 6.45) is 2.82. The van der Waals surface area contributed by atoms with E-state index in [4.69, 9.17) is 4.74 Å².